The number of morpholine rings is 1. The average Bonchev–Trinajstić information content (AvgIpc) is 3.08. The molecule has 2 fully saturated rings. The summed E-state index contributed by atoms with van der Waals surface area (Å²) in [6.07, 6.45) is 3.56. The van der Waals surface area contributed by atoms with Gasteiger partial charge in [0.2, 0.25) is 10.0 Å². The second-order valence-corrected chi connectivity index (χ2v) is 9.77. The summed E-state index contributed by atoms with van der Waals surface area (Å²) in [5, 5.41) is 3.60. The Labute approximate surface area is 164 Å². The lowest BCUT2D eigenvalue weighted by atomic mass is 9.98. The molecule has 1 aromatic heterocycles. The molecule has 0 saturated carbocycles. The molecule has 1 amide bonds. The van der Waals surface area contributed by atoms with Crippen molar-refractivity contribution in [3.8, 4) is 0 Å². The van der Waals surface area contributed by atoms with Crippen LogP contribution in [0.4, 0.5) is 0 Å². The zero-order valence-electron chi connectivity index (χ0n) is 16.0. The molecule has 0 aliphatic carbocycles. The highest BCUT2D eigenvalue weighted by atomic mass is 32.2. The number of carbonyl (C=O) groups excluding carboxylic acids is 1. The Bertz CT molecular complexity index is 969. The molecule has 1 atom stereocenters. The first-order valence-electron chi connectivity index (χ1n) is 9.26. The van der Waals surface area contributed by atoms with Crippen molar-refractivity contribution >= 4 is 15.9 Å². The summed E-state index contributed by atoms with van der Waals surface area (Å²) in [6.45, 7) is 3.21. The maximum atomic E-state index is 13.1. The van der Waals surface area contributed by atoms with Gasteiger partial charge >= 0.3 is 0 Å². The van der Waals surface area contributed by atoms with Crippen molar-refractivity contribution in [2.75, 3.05) is 32.8 Å². The molecule has 2 aliphatic heterocycles. The van der Waals surface area contributed by atoms with E-state index in [2.05, 4.69) is 5.10 Å². The van der Waals surface area contributed by atoms with Crippen molar-refractivity contribution in [2.24, 2.45) is 7.05 Å². The number of rotatable bonds is 4. The third-order valence-corrected chi connectivity index (χ3v) is 7.66. The van der Waals surface area contributed by atoms with Crippen LogP contribution in [0.25, 0.3) is 0 Å². The average molecular weight is 404 g/mol. The van der Waals surface area contributed by atoms with Gasteiger partial charge in [0.15, 0.2) is 0 Å². The van der Waals surface area contributed by atoms with Gasteiger partial charge in [0.1, 0.15) is 10.9 Å². The fraction of sp³-hybridized carbons (Fsp3) is 0.474. The molecule has 0 radical (unpaired) electrons. The number of hydrogen-bond acceptors (Lipinski definition) is 5. The van der Waals surface area contributed by atoms with Crippen LogP contribution < -0.4 is 0 Å². The fourth-order valence-corrected chi connectivity index (χ4v) is 5.60. The summed E-state index contributed by atoms with van der Waals surface area (Å²) in [4.78, 5) is 14.0. The minimum absolute atomic E-state index is 0.130. The molecular formula is C19H24N4O4S. The quantitative estimate of drug-likeness (QED) is 0.753. The lowest BCUT2D eigenvalue weighted by molar-refractivity contribution is -0.0825. The van der Waals surface area contributed by atoms with Crippen molar-refractivity contribution in [1.29, 1.82) is 0 Å². The fourth-order valence-electron chi connectivity index (χ4n) is 3.69. The smallest absolute Gasteiger partial charge is 0.253 e. The minimum atomic E-state index is -3.51. The van der Waals surface area contributed by atoms with E-state index in [1.165, 1.54) is 4.31 Å². The van der Waals surface area contributed by atoms with Crippen LogP contribution in [-0.2, 0) is 27.4 Å². The number of amides is 1. The van der Waals surface area contributed by atoms with Gasteiger partial charge in [-0.3, -0.25) is 9.48 Å². The highest BCUT2D eigenvalue weighted by Gasteiger charge is 2.46. The van der Waals surface area contributed by atoms with Crippen molar-refractivity contribution < 1.29 is 17.9 Å². The van der Waals surface area contributed by atoms with E-state index >= 15 is 0 Å². The van der Waals surface area contributed by atoms with Crippen molar-refractivity contribution in [3.63, 3.8) is 0 Å². The van der Waals surface area contributed by atoms with Crippen LogP contribution >= 0.6 is 0 Å². The van der Waals surface area contributed by atoms with Crippen LogP contribution in [-0.4, -0.2) is 71.3 Å². The monoisotopic (exact) mass is 404 g/mol. The molecule has 28 heavy (non-hydrogen) atoms. The number of hydrogen-bond donors (Lipinski definition) is 0. The first-order chi connectivity index (χ1) is 13.3. The highest BCUT2D eigenvalue weighted by Crippen LogP contribution is 2.32. The van der Waals surface area contributed by atoms with E-state index in [1.807, 2.05) is 26.2 Å². The van der Waals surface area contributed by atoms with Gasteiger partial charge in [-0.15, -0.1) is 0 Å². The molecule has 4 rings (SSSR count). The molecule has 8 nitrogen and oxygen atoms in total. The van der Waals surface area contributed by atoms with E-state index in [0.29, 0.717) is 18.7 Å². The van der Waals surface area contributed by atoms with Crippen molar-refractivity contribution in [1.82, 2.24) is 19.0 Å². The molecule has 0 bridgehead atoms. The van der Waals surface area contributed by atoms with E-state index in [0.717, 1.165) is 5.56 Å². The predicted molar refractivity (Wildman–Crippen MR) is 103 cm³/mol. The van der Waals surface area contributed by atoms with Gasteiger partial charge in [-0.2, -0.15) is 9.40 Å². The molecule has 2 aromatic rings. The maximum Gasteiger partial charge on any atom is 0.253 e. The summed E-state index contributed by atoms with van der Waals surface area (Å²) in [7, 11) is -1.70. The normalized spacial score (nSPS) is 24.1. The van der Waals surface area contributed by atoms with E-state index in [4.69, 9.17) is 4.74 Å². The third-order valence-electron chi connectivity index (χ3n) is 5.49. The van der Waals surface area contributed by atoms with Crippen molar-refractivity contribution in [2.45, 2.75) is 17.8 Å². The lowest BCUT2D eigenvalue weighted by Gasteiger charge is -2.44. The molecule has 150 valence electrons. The van der Waals surface area contributed by atoms with E-state index in [9.17, 15) is 13.2 Å². The summed E-state index contributed by atoms with van der Waals surface area (Å²) in [5.74, 6) is -0.130. The van der Waals surface area contributed by atoms with E-state index < -0.39 is 20.9 Å². The van der Waals surface area contributed by atoms with E-state index in [-0.39, 0.29) is 25.5 Å². The van der Waals surface area contributed by atoms with Gasteiger partial charge in [-0.05, 0) is 19.1 Å². The topological polar surface area (TPSA) is 84.7 Å². The molecule has 2 saturated heterocycles. The number of benzene rings is 1. The first kappa shape index (κ1) is 19.1. The second-order valence-electron chi connectivity index (χ2n) is 7.56. The van der Waals surface area contributed by atoms with Crippen molar-refractivity contribution in [3.05, 3.63) is 53.9 Å². The predicted octanol–water partition coefficient (Wildman–Crippen LogP) is 0.822. The van der Waals surface area contributed by atoms with Crippen LogP contribution in [0.5, 0.6) is 0 Å². The number of sulfonamides is 1. The Morgan fingerprint density at radius 2 is 1.96 bits per heavy atom. The van der Waals surface area contributed by atoms with Gasteiger partial charge in [-0.25, -0.2) is 8.42 Å². The molecule has 1 aromatic carbocycles. The SMILES string of the molecule is Cn1cc([C@]2(C)CN(S(=O)(=O)C3CN(C(=O)c4ccccc4)C3)CCO2)cn1. The largest absolute Gasteiger partial charge is 0.368 e. The molecule has 0 spiro atoms. The van der Waals surface area contributed by atoms with Crippen LogP contribution in [0.1, 0.15) is 22.8 Å². The minimum Gasteiger partial charge on any atom is -0.368 e. The third kappa shape index (κ3) is 3.34. The molecule has 0 unspecified atom stereocenters. The standard InChI is InChI=1S/C19H24N4O4S/c1-19(16-10-20-21(2)11-16)14-23(8-9-27-19)28(25,26)17-12-22(13-17)18(24)15-6-4-3-5-7-15/h3-7,10-11,17H,8-9,12-14H2,1-2H3/t19-/m0/s1. The van der Waals surface area contributed by atoms with Crippen LogP contribution in [0.15, 0.2) is 42.7 Å². The van der Waals surface area contributed by atoms with Gasteiger partial charge in [-0.1, -0.05) is 18.2 Å². The van der Waals surface area contributed by atoms with Gasteiger partial charge in [0.25, 0.3) is 5.91 Å². The highest BCUT2D eigenvalue weighted by molar-refractivity contribution is 7.89. The zero-order valence-corrected chi connectivity index (χ0v) is 16.8. The number of likely N-dealkylation sites (tertiary alicyclic amines) is 1. The molecule has 2 aliphatic rings. The van der Waals surface area contributed by atoms with Crippen LogP contribution in [0.2, 0.25) is 0 Å². The summed E-state index contributed by atoms with van der Waals surface area (Å²) < 4.78 is 35.3. The number of ether oxygens (including phenoxy) is 1. The van der Waals surface area contributed by atoms with Gasteiger partial charge in [0, 0.05) is 50.6 Å². The Kier molecular flexibility index (Phi) is 4.76. The molecular weight excluding hydrogens is 380 g/mol. The Morgan fingerprint density at radius 1 is 1.25 bits per heavy atom. The van der Waals surface area contributed by atoms with Crippen LogP contribution in [0.3, 0.4) is 0 Å². The molecule has 0 N–H and O–H groups in total. The van der Waals surface area contributed by atoms with Gasteiger partial charge < -0.3 is 9.64 Å². The zero-order chi connectivity index (χ0) is 19.9. The summed E-state index contributed by atoms with van der Waals surface area (Å²) in [5.41, 5.74) is 0.696. The Hall–Kier alpha value is -2.23. The van der Waals surface area contributed by atoms with E-state index in [1.54, 1.807) is 40.0 Å². The lowest BCUT2D eigenvalue weighted by Crippen LogP contribution is -2.62. The van der Waals surface area contributed by atoms with Gasteiger partial charge in [0.05, 0.1) is 12.8 Å². The number of aryl methyl sites for hydroxylation is 1. The maximum absolute atomic E-state index is 13.1. The number of aromatic nitrogens is 2. The Balaban J connectivity index is 1.44. The number of carbonyl (C=O) groups is 1. The second kappa shape index (κ2) is 6.98. The van der Waals surface area contributed by atoms with Crippen LogP contribution in [0, 0.1) is 0 Å². The molecule has 3 heterocycles. The first-order valence-corrected chi connectivity index (χ1v) is 10.8. The number of nitrogens with zero attached hydrogens (tertiary/aromatic N) is 4. The molecule has 9 heteroatoms. The Morgan fingerprint density at radius 3 is 2.61 bits per heavy atom. The summed E-state index contributed by atoms with van der Waals surface area (Å²) >= 11 is 0. The summed E-state index contributed by atoms with van der Waals surface area (Å²) in [6, 6.07) is 8.93.